The van der Waals surface area contributed by atoms with Gasteiger partial charge >= 0.3 is 5.97 Å². The lowest BCUT2D eigenvalue weighted by Crippen LogP contribution is -2.35. The summed E-state index contributed by atoms with van der Waals surface area (Å²) in [5, 5.41) is 15.5. The van der Waals surface area contributed by atoms with Gasteiger partial charge in [0.15, 0.2) is 17.3 Å². The molecule has 8 heteroatoms. The molecule has 2 unspecified atom stereocenters. The molecule has 2 heterocycles. The van der Waals surface area contributed by atoms with Gasteiger partial charge in [0.1, 0.15) is 0 Å². The van der Waals surface area contributed by atoms with Crippen molar-refractivity contribution in [2.45, 2.75) is 31.6 Å². The number of esters is 1. The first kappa shape index (κ1) is 21.5. The molecule has 1 aromatic heterocycles. The van der Waals surface area contributed by atoms with Crippen molar-refractivity contribution in [1.82, 2.24) is 5.32 Å². The number of thiophene rings is 1. The van der Waals surface area contributed by atoms with Crippen molar-refractivity contribution < 1.29 is 24.2 Å². The Bertz CT molecular complexity index is 1120. The quantitative estimate of drug-likeness (QED) is 0.647. The Kier molecular flexibility index (Phi) is 5.81. The van der Waals surface area contributed by atoms with Crippen LogP contribution in [-0.4, -0.2) is 31.1 Å². The highest BCUT2D eigenvalue weighted by molar-refractivity contribution is 7.10. The number of ether oxygens (including phenoxy) is 2. The van der Waals surface area contributed by atoms with Gasteiger partial charge < -0.3 is 19.9 Å². The zero-order chi connectivity index (χ0) is 22.3. The van der Waals surface area contributed by atoms with Crippen LogP contribution >= 0.6 is 22.9 Å². The number of aromatic hydroxyl groups is 1. The number of hydrogen-bond acceptors (Lipinski definition) is 7. The van der Waals surface area contributed by atoms with E-state index >= 15 is 0 Å². The molecule has 0 saturated carbocycles. The number of Topliss-reactive ketones (excluding diaryl/α,β-unsaturated/α-hetero) is 1. The first-order valence-corrected chi connectivity index (χ1v) is 11.0. The number of methoxy groups -OCH3 is 2. The van der Waals surface area contributed by atoms with Crippen molar-refractivity contribution in [3.63, 3.8) is 0 Å². The van der Waals surface area contributed by atoms with Crippen molar-refractivity contribution in [3.8, 4) is 11.5 Å². The molecule has 1 aliphatic carbocycles. The van der Waals surface area contributed by atoms with Crippen molar-refractivity contribution in [3.05, 3.63) is 67.6 Å². The molecule has 1 aliphatic heterocycles. The molecule has 0 saturated heterocycles. The maximum absolute atomic E-state index is 13.4. The fourth-order valence-corrected chi connectivity index (χ4v) is 5.44. The summed E-state index contributed by atoms with van der Waals surface area (Å²) in [6, 6.07) is 7.20. The van der Waals surface area contributed by atoms with Gasteiger partial charge in [0.2, 0.25) is 0 Å². The van der Waals surface area contributed by atoms with E-state index in [0.29, 0.717) is 35.2 Å². The van der Waals surface area contributed by atoms with Gasteiger partial charge in [-0.25, -0.2) is 4.79 Å². The monoisotopic (exact) mass is 459 g/mol. The van der Waals surface area contributed by atoms with E-state index in [4.69, 9.17) is 21.1 Å². The highest BCUT2D eigenvalue weighted by atomic mass is 35.5. The van der Waals surface area contributed by atoms with Gasteiger partial charge in [-0.15, -0.1) is 11.3 Å². The summed E-state index contributed by atoms with van der Waals surface area (Å²) < 4.78 is 10.3. The van der Waals surface area contributed by atoms with Crippen LogP contribution in [0.2, 0.25) is 5.02 Å². The van der Waals surface area contributed by atoms with Gasteiger partial charge in [-0.3, -0.25) is 4.79 Å². The molecular formula is C23H22ClNO5S. The third-order valence-electron chi connectivity index (χ3n) is 5.78. The molecule has 4 rings (SSSR count). The lowest BCUT2D eigenvalue weighted by Gasteiger charge is -2.36. The number of carbonyl (C=O) groups is 2. The molecule has 2 N–H and O–H groups in total. The van der Waals surface area contributed by atoms with E-state index in [1.54, 1.807) is 30.4 Å². The number of dihydropyridines is 1. The summed E-state index contributed by atoms with van der Waals surface area (Å²) in [4.78, 5) is 27.3. The number of allylic oxidation sites excluding steroid dienone is 3. The predicted molar refractivity (Wildman–Crippen MR) is 119 cm³/mol. The van der Waals surface area contributed by atoms with Crippen LogP contribution in [0.25, 0.3) is 0 Å². The molecule has 0 bridgehead atoms. The maximum atomic E-state index is 13.4. The minimum absolute atomic E-state index is 0.0331. The third kappa shape index (κ3) is 3.72. The van der Waals surface area contributed by atoms with Crippen LogP contribution in [0.4, 0.5) is 0 Å². The molecule has 0 spiro atoms. The smallest absolute Gasteiger partial charge is 0.336 e. The molecule has 2 aliphatic rings. The number of phenolic OH excluding ortho intramolecular Hbond substituents is 1. The van der Waals surface area contributed by atoms with Crippen LogP contribution in [0, 0.1) is 0 Å². The summed E-state index contributed by atoms with van der Waals surface area (Å²) in [5.41, 5.74) is 2.87. The van der Waals surface area contributed by atoms with E-state index in [1.807, 2.05) is 17.5 Å². The van der Waals surface area contributed by atoms with E-state index in [1.165, 1.54) is 14.2 Å². The molecule has 162 valence electrons. The number of halogens is 1. The zero-order valence-electron chi connectivity index (χ0n) is 17.3. The standard InChI is InChI=1S/C23H22ClNO5S/c1-11-19(23(28)30-3)20(13-7-14(24)22(27)17(10-13)29-2)21-15(25-11)8-12(9-16(21)26)18-5-4-6-31-18/h4-7,10,12,20,25,27H,8-9H2,1-3H3. The number of rotatable bonds is 4. The molecular weight excluding hydrogens is 438 g/mol. The van der Waals surface area contributed by atoms with Gasteiger partial charge in [0, 0.05) is 40.1 Å². The Hall–Kier alpha value is -2.77. The second-order valence-corrected chi connectivity index (χ2v) is 8.96. The fraction of sp³-hybridized carbons (Fsp3) is 0.304. The van der Waals surface area contributed by atoms with Crippen LogP contribution in [0.15, 0.2) is 52.2 Å². The van der Waals surface area contributed by atoms with Crippen molar-refractivity contribution in [2.24, 2.45) is 0 Å². The van der Waals surface area contributed by atoms with Crippen LogP contribution in [0.1, 0.15) is 42.0 Å². The van der Waals surface area contributed by atoms with Crippen molar-refractivity contribution >= 4 is 34.7 Å². The Morgan fingerprint density at radius 3 is 2.71 bits per heavy atom. The number of benzene rings is 1. The largest absolute Gasteiger partial charge is 0.503 e. The first-order valence-electron chi connectivity index (χ1n) is 9.77. The second kappa shape index (κ2) is 8.40. The minimum atomic E-state index is -0.674. The molecule has 0 amide bonds. The average molecular weight is 460 g/mol. The molecule has 6 nitrogen and oxygen atoms in total. The predicted octanol–water partition coefficient (Wildman–Crippen LogP) is 4.65. The van der Waals surface area contributed by atoms with E-state index in [-0.39, 0.29) is 28.2 Å². The Balaban J connectivity index is 1.88. The molecule has 31 heavy (non-hydrogen) atoms. The zero-order valence-corrected chi connectivity index (χ0v) is 18.9. The summed E-state index contributed by atoms with van der Waals surface area (Å²) in [6.07, 6.45) is 1.01. The highest BCUT2D eigenvalue weighted by Crippen LogP contribution is 2.48. The Labute approximate surface area is 189 Å². The lowest BCUT2D eigenvalue weighted by molar-refractivity contribution is -0.136. The average Bonchev–Trinajstić information content (AvgIpc) is 3.29. The summed E-state index contributed by atoms with van der Waals surface area (Å²) in [5.74, 6) is -1.17. The third-order valence-corrected chi connectivity index (χ3v) is 7.11. The van der Waals surface area contributed by atoms with Crippen LogP contribution < -0.4 is 10.1 Å². The molecule has 0 radical (unpaired) electrons. The highest BCUT2D eigenvalue weighted by Gasteiger charge is 2.41. The van der Waals surface area contributed by atoms with E-state index in [0.717, 1.165) is 10.6 Å². The van der Waals surface area contributed by atoms with Crippen LogP contribution in [-0.2, 0) is 14.3 Å². The molecule has 2 atom stereocenters. The van der Waals surface area contributed by atoms with Crippen molar-refractivity contribution in [2.75, 3.05) is 14.2 Å². The number of nitrogens with one attached hydrogen (secondary N) is 1. The van der Waals surface area contributed by atoms with Gasteiger partial charge in [0.05, 0.1) is 24.8 Å². The topological polar surface area (TPSA) is 84.9 Å². The van der Waals surface area contributed by atoms with Crippen LogP contribution in [0.3, 0.4) is 0 Å². The number of phenols is 1. The summed E-state index contributed by atoms with van der Waals surface area (Å²) in [7, 11) is 2.73. The lowest BCUT2D eigenvalue weighted by atomic mass is 9.72. The van der Waals surface area contributed by atoms with Gasteiger partial charge in [-0.05, 0) is 42.5 Å². The molecule has 1 aromatic carbocycles. The number of ketones is 1. The van der Waals surface area contributed by atoms with Gasteiger partial charge in [-0.2, -0.15) is 0 Å². The molecule has 2 aromatic rings. The number of carbonyl (C=O) groups excluding carboxylic acids is 2. The molecule has 0 fully saturated rings. The normalized spacial score (nSPS) is 21.0. The fourth-order valence-electron chi connectivity index (χ4n) is 4.39. The summed E-state index contributed by atoms with van der Waals surface area (Å²) >= 11 is 7.88. The SMILES string of the molecule is COC(=O)C1=C(C)NC2=C(C(=O)CC(c3cccs3)C2)C1c1cc(Cl)c(O)c(OC)c1. The van der Waals surface area contributed by atoms with Gasteiger partial charge in [-0.1, -0.05) is 17.7 Å². The van der Waals surface area contributed by atoms with Gasteiger partial charge in [0.25, 0.3) is 0 Å². The first-order chi connectivity index (χ1) is 14.8. The van der Waals surface area contributed by atoms with E-state index < -0.39 is 11.9 Å². The Morgan fingerprint density at radius 1 is 1.29 bits per heavy atom. The van der Waals surface area contributed by atoms with Crippen molar-refractivity contribution in [1.29, 1.82) is 0 Å². The van der Waals surface area contributed by atoms with E-state index in [9.17, 15) is 14.7 Å². The Morgan fingerprint density at radius 2 is 2.06 bits per heavy atom. The van der Waals surface area contributed by atoms with E-state index in [2.05, 4.69) is 5.32 Å². The minimum Gasteiger partial charge on any atom is -0.503 e. The number of hydrogen-bond donors (Lipinski definition) is 2. The second-order valence-electron chi connectivity index (χ2n) is 7.58. The van der Waals surface area contributed by atoms with Crippen LogP contribution in [0.5, 0.6) is 11.5 Å². The summed E-state index contributed by atoms with van der Waals surface area (Å²) in [6.45, 7) is 1.79. The maximum Gasteiger partial charge on any atom is 0.336 e.